The van der Waals surface area contributed by atoms with E-state index in [0.717, 1.165) is 53.8 Å². The number of aromatic nitrogens is 3. The Kier molecular flexibility index (Phi) is 6.86. The van der Waals surface area contributed by atoms with Gasteiger partial charge in [0.2, 0.25) is 5.91 Å². The van der Waals surface area contributed by atoms with Crippen LogP contribution in [0.4, 0.5) is 5.82 Å². The van der Waals surface area contributed by atoms with Crippen molar-refractivity contribution in [1.82, 2.24) is 20.3 Å². The summed E-state index contributed by atoms with van der Waals surface area (Å²) in [5, 5.41) is 15.0. The SMILES string of the molecule is CC(C)[C@@H](CO)NC(=O)C1CCN(c2nc(-c3ccnc(Cl)c3)cc3cnccc23)CC1. The lowest BCUT2D eigenvalue weighted by Crippen LogP contribution is -2.47. The minimum atomic E-state index is -0.206. The first-order valence-corrected chi connectivity index (χ1v) is 11.4. The van der Waals surface area contributed by atoms with Gasteiger partial charge in [0.1, 0.15) is 11.0 Å². The monoisotopic (exact) mass is 453 g/mol. The zero-order valence-electron chi connectivity index (χ0n) is 18.3. The van der Waals surface area contributed by atoms with E-state index in [0.29, 0.717) is 5.15 Å². The summed E-state index contributed by atoms with van der Waals surface area (Å²) < 4.78 is 0. The molecule has 8 heteroatoms. The lowest BCUT2D eigenvalue weighted by atomic mass is 9.94. The Hall–Kier alpha value is -2.77. The molecule has 0 radical (unpaired) electrons. The van der Waals surface area contributed by atoms with Gasteiger partial charge >= 0.3 is 0 Å². The van der Waals surface area contributed by atoms with Crippen LogP contribution >= 0.6 is 11.6 Å². The highest BCUT2D eigenvalue weighted by atomic mass is 35.5. The van der Waals surface area contributed by atoms with E-state index in [2.05, 4.69) is 20.2 Å². The lowest BCUT2D eigenvalue weighted by Gasteiger charge is -2.34. The van der Waals surface area contributed by atoms with Crippen LogP contribution in [-0.2, 0) is 4.79 Å². The molecule has 0 unspecified atom stereocenters. The van der Waals surface area contributed by atoms with Gasteiger partial charge in [0, 0.05) is 53.9 Å². The fraction of sp³-hybridized carbons (Fsp3) is 0.417. The smallest absolute Gasteiger partial charge is 0.223 e. The van der Waals surface area contributed by atoms with Crippen LogP contribution in [0.5, 0.6) is 0 Å². The predicted molar refractivity (Wildman–Crippen MR) is 127 cm³/mol. The number of halogens is 1. The summed E-state index contributed by atoms with van der Waals surface area (Å²) >= 11 is 6.10. The average Bonchev–Trinajstić information content (AvgIpc) is 2.81. The summed E-state index contributed by atoms with van der Waals surface area (Å²) in [5.41, 5.74) is 1.71. The van der Waals surface area contributed by atoms with Crippen molar-refractivity contribution in [2.45, 2.75) is 32.7 Å². The van der Waals surface area contributed by atoms with Gasteiger partial charge in [-0.15, -0.1) is 0 Å². The number of carbonyl (C=O) groups is 1. The molecule has 0 bridgehead atoms. The Labute approximate surface area is 192 Å². The van der Waals surface area contributed by atoms with E-state index in [1.54, 1.807) is 18.5 Å². The zero-order valence-corrected chi connectivity index (χ0v) is 19.1. The van der Waals surface area contributed by atoms with E-state index >= 15 is 0 Å². The van der Waals surface area contributed by atoms with Gasteiger partial charge in [-0.25, -0.2) is 9.97 Å². The fourth-order valence-corrected chi connectivity index (χ4v) is 4.28. The molecule has 0 aliphatic carbocycles. The average molecular weight is 454 g/mol. The van der Waals surface area contributed by atoms with Crippen LogP contribution in [0, 0.1) is 11.8 Å². The highest BCUT2D eigenvalue weighted by molar-refractivity contribution is 6.29. The standard InChI is InChI=1S/C24H28ClN5O2/c1-15(2)21(14-31)29-24(32)16-5-9-30(10-6-16)23-19-4-7-26-13-18(19)11-20(28-23)17-3-8-27-22(25)12-17/h3-4,7-8,11-13,15-16,21,31H,5-6,9-10,14H2,1-2H3,(H,29,32)/t21-/m1/s1. The van der Waals surface area contributed by atoms with Crippen molar-refractivity contribution >= 4 is 34.1 Å². The summed E-state index contributed by atoms with van der Waals surface area (Å²) in [6, 6.07) is 7.48. The maximum absolute atomic E-state index is 12.7. The third-order valence-corrected chi connectivity index (χ3v) is 6.33. The van der Waals surface area contributed by atoms with E-state index < -0.39 is 0 Å². The number of hydrogen-bond acceptors (Lipinski definition) is 6. The Bertz CT molecular complexity index is 1100. The van der Waals surface area contributed by atoms with E-state index in [-0.39, 0.29) is 30.4 Å². The normalized spacial score (nSPS) is 15.8. The van der Waals surface area contributed by atoms with Gasteiger partial charge in [-0.2, -0.15) is 0 Å². The van der Waals surface area contributed by atoms with E-state index in [1.165, 1.54) is 0 Å². The number of amides is 1. The second-order valence-electron chi connectivity index (χ2n) is 8.60. The molecule has 1 aliphatic rings. The number of piperidine rings is 1. The molecule has 7 nitrogen and oxygen atoms in total. The molecule has 1 atom stereocenters. The third kappa shape index (κ3) is 4.84. The molecule has 0 spiro atoms. The van der Waals surface area contributed by atoms with Crippen LogP contribution in [0.3, 0.4) is 0 Å². The third-order valence-electron chi connectivity index (χ3n) is 6.13. The molecule has 4 rings (SSSR count). The van der Waals surface area contributed by atoms with Crippen LogP contribution in [0.1, 0.15) is 26.7 Å². The Morgan fingerprint density at radius 2 is 2.03 bits per heavy atom. The number of anilines is 1. The molecule has 1 amide bonds. The second-order valence-corrected chi connectivity index (χ2v) is 8.99. The summed E-state index contributed by atoms with van der Waals surface area (Å²) in [4.78, 5) is 28.3. The molecule has 0 aromatic carbocycles. The van der Waals surface area contributed by atoms with Crippen molar-refractivity contribution in [2.75, 3.05) is 24.6 Å². The van der Waals surface area contributed by atoms with E-state index in [9.17, 15) is 9.90 Å². The molecule has 32 heavy (non-hydrogen) atoms. The molecule has 3 aromatic rings. The number of nitrogens with one attached hydrogen (secondary N) is 1. The number of hydrogen-bond donors (Lipinski definition) is 2. The van der Waals surface area contributed by atoms with Crippen molar-refractivity contribution in [2.24, 2.45) is 11.8 Å². The lowest BCUT2D eigenvalue weighted by molar-refractivity contribution is -0.127. The number of pyridine rings is 3. The molecule has 4 heterocycles. The Morgan fingerprint density at radius 3 is 2.72 bits per heavy atom. The highest BCUT2D eigenvalue weighted by Gasteiger charge is 2.28. The van der Waals surface area contributed by atoms with Crippen molar-refractivity contribution in [3.8, 4) is 11.3 Å². The van der Waals surface area contributed by atoms with E-state index in [1.807, 2.05) is 38.2 Å². The number of aliphatic hydroxyl groups is 1. The van der Waals surface area contributed by atoms with Gasteiger partial charge in [-0.3, -0.25) is 9.78 Å². The summed E-state index contributed by atoms with van der Waals surface area (Å²) in [6.45, 7) is 5.41. The summed E-state index contributed by atoms with van der Waals surface area (Å²) in [6.07, 6.45) is 6.77. The first kappa shape index (κ1) is 22.4. The molecular weight excluding hydrogens is 426 g/mol. The number of rotatable bonds is 6. The predicted octanol–water partition coefficient (Wildman–Crippen LogP) is 3.69. The molecular formula is C24H28ClN5O2. The van der Waals surface area contributed by atoms with Gasteiger partial charge in [0.25, 0.3) is 0 Å². The maximum Gasteiger partial charge on any atom is 0.223 e. The Morgan fingerprint density at radius 1 is 1.25 bits per heavy atom. The molecule has 0 saturated carbocycles. The molecule has 1 saturated heterocycles. The summed E-state index contributed by atoms with van der Waals surface area (Å²) in [5.74, 6) is 1.05. The molecule has 3 aromatic heterocycles. The van der Waals surface area contributed by atoms with Crippen LogP contribution in [-0.4, -0.2) is 51.7 Å². The maximum atomic E-state index is 12.7. The van der Waals surface area contributed by atoms with Crippen molar-refractivity contribution in [3.05, 3.63) is 48.0 Å². The number of nitrogens with zero attached hydrogens (tertiary/aromatic N) is 4. The van der Waals surface area contributed by atoms with Crippen LogP contribution < -0.4 is 10.2 Å². The quantitative estimate of drug-likeness (QED) is 0.553. The first-order chi connectivity index (χ1) is 15.5. The molecule has 168 valence electrons. The van der Waals surface area contributed by atoms with E-state index in [4.69, 9.17) is 16.6 Å². The second kappa shape index (κ2) is 9.79. The van der Waals surface area contributed by atoms with Crippen molar-refractivity contribution < 1.29 is 9.90 Å². The molecule has 2 N–H and O–H groups in total. The Balaban J connectivity index is 1.56. The van der Waals surface area contributed by atoms with Gasteiger partial charge in [0.15, 0.2) is 0 Å². The molecule has 1 fully saturated rings. The minimum Gasteiger partial charge on any atom is -0.394 e. The number of carbonyl (C=O) groups excluding carboxylic acids is 1. The summed E-state index contributed by atoms with van der Waals surface area (Å²) in [7, 11) is 0. The highest BCUT2D eigenvalue weighted by Crippen LogP contribution is 2.32. The number of aliphatic hydroxyl groups excluding tert-OH is 1. The first-order valence-electron chi connectivity index (χ1n) is 11.0. The minimum absolute atomic E-state index is 0.0274. The van der Waals surface area contributed by atoms with Crippen molar-refractivity contribution in [3.63, 3.8) is 0 Å². The van der Waals surface area contributed by atoms with Gasteiger partial charge in [0.05, 0.1) is 18.3 Å². The number of fused-ring (bicyclic) bond motifs is 1. The van der Waals surface area contributed by atoms with Crippen LogP contribution in [0.2, 0.25) is 5.15 Å². The van der Waals surface area contributed by atoms with Gasteiger partial charge in [-0.05, 0) is 43.0 Å². The zero-order chi connectivity index (χ0) is 22.7. The fourth-order valence-electron chi connectivity index (χ4n) is 4.11. The van der Waals surface area contributed by atoms with Crippen LogP contribution in [0.25, 0.3) is 22.0 Å². The topological polar surface area (TPSA) is 91.2 Å². The largest absolute Gasteiger partial charge is 0.394 e. The van der Waals surface area contributed by atoms with Gasteiger partial charge in [-0.1, -0.05) is 25.4 Å². The van der Waals surface area contributed by atoms with Crippen molar-refractivity contribution in [1.29, 1.82) is 0 Å². The molecule has 1 aliphatic heterocycles. The van der Waals surface area contributed by atoms with Crippen LogP contribution in [0.15, 0.2) is 42.9 Å². The van der Waals surface area contributed by atoms with Gasteiger partial charge < -0.3 is 15.3 Å².